The second-order valence-corrected chi connectivity index (χ2v) is 9.81. The van der Waals surface area contributed by atoms with Gasteiger partial charge >= 0.3 is 0 Å². The zero-order valence-electron chi connectivity index (χ0n) is 15.9. The minimum Gasteiger partial charge on any atom is -0.271 e. The fraction of sp³-hybridized carbons (Fsp3) is 0.0476. The summed E-state index contributed by atoms with van der Waals surface area (Å²) in [5.41, 5.74) is 3.19. The number of anilines is 1. The Labute approximate surface area is 198 Å². The molecule has 10 heteroatoms. The molecule has 0 fully saturated rings. The topological polar surface area (TPSA) is 78.8 Å². The number of halogens is 3. The number of nitrogens with zero attached hydrogens (tertiary/aromatic N) is 2. The molecule has 0 atom stereocenters. The van der Waals surface area contributed by atoms with Crippen LogP contribution in [0.1, 0.15) is 5.56 Å². The van der Waals surface area contributed by atoms with Crippen molar-refractivity contribution in [2.45, 2.75) is 4.90 Å². The first-order valence-electron chi connectivity index (χ1n) is 8.88. The molecule has 0 bridgehead atoms. The molecule has 1 amide bonds. The van der Waals surface area contributed by atoms with Crippen molar-refractivity contribution in [1.82, 2.24) is 5.43 Å². The number of nitrogens with one attached hydrogen (secondary N) is 1. The summed E-state index contributed by atoms with van der Waals surface area (Å²) in [7, 11) is -4.10. The van der Waals surface area contributed by atoms with Crippen molar-refractivity contribution in [2.75, 3.05) is 10.8 Å². The molecule has 0 aliphatic carbocycles. The molecule has 31 heavy (non-hydrogen) atoms. The molecule has 0 spiro atoms. The SMILES string of the molecule is O=C(CN(c1cccc(Cl)c1Cl)S(=O)(=O)c1ccccc1)N/N=C/c1ccc(Br)cc1. The quantitative estimate of drug-likeness (QED) is 0.334. The summed E-state index contributed by atoms with van der Waals surface area (Å²) in [6.07, 6.45) is 1.45. The van der Waals surface area contributed by atoms with Gasteiger partial charge in [0.25, 0.3) is 15.9 Å². The minimum absolute atomic E-state index is 0.0113. The van der Waals surface area contributed by atoms with Crippen LogP contribution in [0.25, 0.3) is 0 Å². The Hall–Kier alpha value is -2.39. The van der Waals surface area contributed by atoms with E-state index in [0.717, 1.165) is 14.3 Å². The monoisotopic (exact) mass is 539 g/mol. The third kappa shape index (κ3) is 5.86. The molecule has 0 heterocycles. The first kappa shape index (κ1) is 23.3. The molecule has 3 rings (SSSR count). The van der Waals surface area contributed by atoms with Crippen molar-refractivity contribution in [2.24, 2.45) is 5.10 Å². The number of sulfonamides is 1. The third-order valence-electron chi connectivity index (χ3n) is 4.09. The highest BCUT2D eigenvalue weighted by Crippen LogP contribution is 2.35. The summed E-state index contributed by atoms with van der Waals surface area (Å²) >= 11 is 15.7. The normalized spacial score (nSPS) is 11.5. The first-order valence-corrected chi connectivity index (χ1v) is 11.9. The van der Waals surface area contributed by atoms with Gasteiger partial charge in [0, 0.05) is 4.47 Å². The molecule has 0 saturated heterocycles. The maximum Gasteiger partial charge on any atom is 0.264 e. The van der Waals surface area contributed by atoms with Crippen molar-refractivity contribution in [3.8, 4) is 0 Å². The zero-order chi connectivity index (χ0) is 22.4. The van der Waals surface area contributed by atoms with Gasteiger partial charge in [0.1, 0.15) is 6.54 Å². The number of carbonyl (C=O) groups is 1. The number of carbonyl (C=O) groups excluding carboxylic acids is 1. The Morgan fingerprint density at radius 1 is 1.00 bits per heavy atom. The van der Waals surface area contributed by atoms with Crippen LogP contribution in [0.3, 0.4) is 0 Å². The van der Waals surface area contributed by atoms with Crippen LogP contribution in [-0.2, 0) is 14.8 Å². The fourth-order valence-corrected chi connectivity index (χ4v) is 4.76. The van der Waals surface area contributed by atoms with Gasteiger partial charge in [0.05, 0.1) is 26.8 Å². The lowest BCUT2D eigenvalue weighted by Crippen LogP contribution is -2.39. The van der Waals surface area contributed by atoms with Gasteiger partial charge in [-0.1, -0.05) is 75.5 Å². The van der Waals surface area contributed by atoms with E-state index < -0.39 is 22.5 Å². The molecule has 0 saturated carbocycles. The second kappa shape index (κ2) is 10.3. The summed E-state index contributed by atoms with van der Waals surface area (Å²) in [6.45, 7) is -0.547. The van der Waals surface area contributed by atoms with Crippen LogP contribution in [0.4, 0.5) is 5.69 Å². The molecular formula is C21H16BrCl2N3O3S. The lowest BCUT2D eigenvalue weighted by molar-refractivity contribution is -0.119. The van der Waals surface area contributed by atoms with E-state index in [1.54, 1.807) is 36.4 Å². The Bertz CT molecular complexity index is 1200. The summed E-state index contributed by atoms with van der Waals surface area (Å²) in [5.74, 6) is -0.649. The van der Waals surface area contributed by atoms with E-state index in [0.29, 0.717) is 0 Å². The van der Waals surface area contributed by atoms with E-state index in [9.17, 15) is 13.2 Å². The highest BCUT2D eigenvalue weighted by atomic mass is 79.9. The number of amides is 1. The summed E-state index contributed by atoms with van der Waals surface area (Å²) in [6, 6.07) is 19.6. The molecule has 1 N–H and O–H groups in total. The van der Waals surface area contributed by atoms with E-state index in [4.69, 9.17) is 23.2 Å². The van der Waals surface area contributed by atoms with Crippen LogP contribution in [0.5, 0.6) is 0 Å². The molecule has 3 aromatic rings. The predicted octanol–water partition coefficient (Wildman–Crippen LogP) is 5.10. The van der Waals surface area contributed by atoms with Crippen LogP contribution in [0.15, 0.2) is 87.3 Å². The highest BCUT2D eigenvalue weighted by Gasteiger charge is 2.29. The maximum atomic E-state index is 13.3. The van der Waals surface area contributed by atoms with Gasteiger partial charge in [-0.05, 0) is 42.0 Å². The van der Waals surface area contributed by atoms with E-state index in [1.165, 1.54) is 30.5 Å². The molecule has 0 radical (unpaired) electrons. The first-order chi connectivity index (χ1) is 14.8. The number of hydrogen-bond donors (Lipinski definition) is 1. The van der Waals surface area contributed by atoms with Crippen LogP contribution >= 0.6 is 39.1 Å². The number of benzene rings is 3. The number of hydrazone groups is 1. The van der Waals surface area contributed by atoms with E-state index in [2.05, 4.69) is 26.5 Å². The highest BCUT2D eigenvalue weighted by molar-refractivity contribution is 9.10. The van der Waals surface area contributed by atoms with Gasteiger partial charge in [-0.2, -0.15) is 5.10 Å². The Balaban J connectivity index is 1.87. The van der Waals surface area contributed by atoms with Gasteiger partial charge in [-0.25, -0.2) is 13.8 Å². The van der Waals surface area contributed by atoms with Crippen molar-refractivity contribution >= 4 is 67.0 Å². The van der Waals surface area contributed by atoms with Gasteiger partial charge in [-0.15, -0.1) is 0 Å². The van der Waals surface area contributed by atoms with Crippen molar-refractivity contribution in [1.29, 1.82) is 0 Å². The summed E-state index contributed by atoms with van der Waals surface area (Å²) in [5, 5.41) is 4.08. The molecule has 0 aromatic heterocycles. The molecule has 6 nitrogen and oxygen atoms in total. The van der Waals surface area contributed by atoms with Crippen LogP contribution in [0, 0.1) is 0 Å². The molecule has 0 unspecified atom stereocenters. The minimum atomic E-state index is -4.10. The summed E-state index contributed by atoms with van der Waals surface area (Å²) < 4.78 is 28.3. The zero-order valence-corrected chi connectivity index (χ0v) is 19.8. The van der Waals surface area contributed by atoms with Crippen molar-refractivity contribution < 1.29 is 13.2 Å². The van der Waals surface area contributed by atoms with Crippen LogP contribution < -0.4 is 9.73 Å². The number of rotatable bonds is 7. The van der Waals surface area contributed by atoms with Gasteiger partial charge in [0.2, 0.25) is 0 Å². The molecular weight excluding hydrogens is 525 g/mol. The van der Waals surface area contributed by atoms with Crippen LogP contribution in [0.2, 0.25) is 10.0 Å². The van der Waals surface area contributed by atoms with Crippen molar-refractivity contribution in [3.63, 3.8) is 0 Å². The van der Waals surface area contributed by atoms with E-state index in [1.807, 2.05) is 12.1 Å². The van der Waals surface area contributed by atoms with Crippen LogP contribution in [-0.4, -0.2) is 27.1 Å². The van der Waals surface area contributed by atoms with Gasteiger partial charge in [0.15, 0.2) is 0 Å². The maximum absolute atomic E-state index is 13.3. The lowest BCUT2D eigenvalue weighted by atomic mass is 10.2. The Morgan fingerprint density at radius 2 is 1.68 bits per heavy atom. The molecule has 160 valence electrons. The van der Waals surface area contributed by atoms with Gasteiger partial charge < -0.3 is 0 Å². The lowest BCUT2D eigenvalue weighted by Gasteiger charge is -2.24. The largest absolute Gasteiger partial charge is 0.271 e. The average molecular weight is 541 g/mol. The Kier molecular flexibility index (Phi) is 7.72. The third-order valence-corrected chi connectivity index (χ3v) is 7.20. The van der Waals surface area contributed by atoms with Gasteiger partial charge in [-0.3, -0.25) is 9.10 Å². The summed E-state index contributed by atoms with van der Waals surface area (Å²) in [4.78, 5) is 12.5. The molecule has 3 aromatic carbocycles. The second-order valence-electron chi connectivity index (χ2n) is 6.24. The van der Waals surface area contributed by atoms with Crippen molar-refractivity contribution in [3.05, 3.63) is 92.9 Å². The smallest absolute Gasteiger partial charge is 0.264 e. The average Bonchev–Trinajstić information content (AvgIpc) is 2.76. The standard InChI is InChI=1S/C21H16BrCl2N3O3S/c22-16-11-9-15(10-12-16)13-25-26-20(28)14-27(19-8-4-7-18(23)21(19)24)31(29,30)17-5-2-1-3-6-17/h1-13H,14H2,(H,26,28)/b25-13+. The van der Waals surface area contributed by atoms with E-state index in [-0.39, 0.29) is 20.6 Å². The number of hydrogen-bond acceptors (Lipinski definition) is 4. The fourth-order valence-electron chi connectivity index (χ4n) is 2.60. The predicted molar refractivity (Wildman–Crippen MR) is 127 cm³/mol. The molecule has 0 aliphatic rings. The Morgan fingerprint density at radius 3 is 2.35 bits per heavy atom. The molecule has 0 aliphatic heterocycles. The van der Waals surface area contributed by atoms with E-state index >= 15 is 0 Å².